The number of hydrogen-bond donors (Lipinski definition) is 1. The number of amides is 1. The zero-order valence-electron chi connectivity index (χ0n) is 16.7. The maximum absolute atomic E-state index is 13.4. The summed E-state index contributed by atoms with van der Waals surface area (Å²) in [5.74, 6) is -0.202. The molecule has 3 aromatic rings. The van der Waals surface area contributed by atoms with E-state index in [1.165, 1.54) is 18.2 Å². The average molecular weight is 429 g/mol. The number of carbonyl (C=O) groups excluding carboxylic acids is 1. The third-order valence-corrected chi connectivity index (χ3v) is 5.45. The van der Waals surface area contributed by atoms with Crippen LogP contribution in [0.3, 0.4) is 0 Å². The zero-order chi connectivity index (χ0) is 21.3. The number of aryl methyl sites for hydroxylation is 1. The quantitative estimate of drug-likeness (QED) is 0.661. The number of anilines is 1. The number of likely N-dealkylation sites (tertiary alicyclic amines) is 1. The molecule has 1 atom stereocenters. The van der Waals surface area contributed by atoms with Gasteiger partial charge in [0.2, 0.25) is 0 Å². The fraction of sp³-hybridized carbons (Fsp3) is 0.273. The second kappa shape index (κ2) is 8.45. The van der Waals surface area contributed by atoms with Crippen LogP contribution in [0.15, 0.2) is 48.7 Å². The highest BCUT2D eigenvalue weighted by Crippen LogP contribution is 2.34. The van der Waals surface area contributed by atoms with Crippen LogP contribution in [0.1, 0.15) is 16.8 Å². The van der Waals surface area contributed by atoms with Crippen LogP contribution < -0.4 is 10.1 Å². The van der Waals surface area contributed by atoms with Gasteiger partial charge in [-0.2, -0.15) is 5.10 Å². The summed E-state index contributed by atoms with van der Waals surface area (Å²) in [4.78, 5) is 14.8. The first-order chi connectivity index (χ1) is 14.4. The van der Waals surface area contributed by atoms with Crippen LogP contribution in [0.25, 0.3) is 11.3 Å². The summed E-state index contributed by atoms with van der Waals surface area (Å²) in [6, 6.07) is 11.3. The highest BCUT2D eigenvalue weighted by molar-refractivity contribution is 6.31. The minimum Gasteiger partial charge on any atom is -0.488 e. The number of nitrogens with one attached hydrogen (secondary N) is 1. The molecule has 1 unspecified atom stereocenters. The van der Waals surface area contributed by atoms with Gasteiger partial charge in [0.25, 0.3) is 5.91 Å². The highest BCUT2D eigenvalue weighted by Gasteiger charge is 2.23. The summed E-state index contributed by atoms with van der Waals surface area (Å²) in [6.07, 6.45) is 2.79. The van der Waals surface area contributed by atoms with Crippen LogP contribution in [0.2, 0.25) is 5.02 Å². The Kier molecular flexibility index (Phi) is 5.74. The molecule has 1 aromatic heterocycles. The third kappa shape index (κ3) is 4.32. The number of halogens is 2. The lowest BCUT2D eigenvalue weighted by molar-refractivity contribution is 0.102. The van der Waals surface area contributed by atoms with E-state index in [1.54, 1.807) is 16.9 Å². The minimum atomic E-state index is -0.564. The molecule has 8 heteroatoms. The molecule has 1 N–H and O–H groups in total. The molecule has 30 heavy (non-hydrogen) atoms. The van der Waals surface area contributed by atoms with Crippen LogP contribution in [0, 0.1) is 5.82 Å². The van der Waals surface area contributed by atoms with Crippen molar-refractivity contribution in [3.8, 4) is 17.0 Å². The summed E-state index contributed by atoms with van der Waals surface area (Å²) in [5.41, 5.74) is 2.57. The Labute approximate surface area is 179 Å². The SMILES string of the molecule is CN1CCC(Oc2ccc(NC(=O)c3ccc(F)c(Cl)c3)cc2-c2ccnn2C)C1. The van der Waals surface area contributed by atoms with Gasteiger partial charge in [0.15, 0.2) is 0 Å². The monoisotopic (exact) mass is 428 g/mol. The number of ether oxygens (including phenoxy) is 1. The number of nitrogens with zero attached hydrogens (tertiary/aromatic N) is 3. The van der Waals surface area contributed by atoms with Gasteiger partial charge in [-0.25, -0.2) is 4.39 Å². The predicted molar refractivity (Wildman–Crippen MR) is 115 cm³/mol. The molecule has 156 valence electrons. The normalized spacial score (nSPS) is 16.6. The van der Waals surface area contributed by atoms with E-state index < -0.39 is 5.82 Å². The molecule has 1 aliphatic heterocycles. The Morgan fingerprint density at radius 2 is 2.07 bits per heavy atom. The molecule has 0 saturated carbocycles. The fourth-order valence-corrected chi connectivity index (χ4v) is 3.74. The van der Waals surface area contributed by atoms with Crippen molar-refractivity contribution in [2.24, 2.45) is 7.05 Å². The Bertz CT molecular complexity index is 1080. The van der Waals surface area contributed by atoms with Crippen molar-refractivity contribution < 1.29 is 13.9 Å². The predicted octanol–water partition coefficient (Wildman–Crippen LogP) is 4.21. The summed E-state index contributed by atoms with van der Waals surface area (Å²) in [5, 5.41) is 7.00. The van der Waals surface area contributed by atoms with Gasteiger partial charge < -0.3 is 15.0 Å². The first-order valence-electron chi connectivity index (χ1n) is 9.65. The number of aromatic nitrogens is 2. The summed E-state index contributed by atoms with van der Waals surface area (Å²) in [7, 11) is 3.93. The molecule has 4 rings (SSSR count). The van der Waals surface area contributed by atoms with Crippen molar-refractivity contribution in [3.05, 3.63) is 65.1 Å². The van der Waals surface area contributed by atoms with E-state index in [0.29, 0.717) is 5.69 Å². The lowest BCUT2D eigenvalue weighted by Crippen LogP contribution is -2.21. The Balaban J connectivity index is 1.62. The molecule has 2 aromatic carbocycles. The Morgan fingerprint density at radius 3 is 2.73 bits per heavy atom. The van der Waals surface area contributed by atoms with E-state index in [4.69, 9.17) is 16.3 Å². The second-order valence-electron chi connectivity index (χ2n) is 7.42. The van der Waals surface area contributed by atoms with Gasteiger partial charge in [0, 0.05) is 43.1 Å². The van der Waals surface area contributed by atoms with E-state index in [-0.39, 0.29) is 22.6 Å². The lowest BCUT2D eigenvalue weighted by atomic mass is 10.1. The van der Waals surface area contributed by atoms with Gasteiger partial charge in [0.1, 0.15) is 17.7 Å². The van der Waals surface area contributed by atoms with Crippen molar-refractivity contribution in [2.45, 2.75) is 12.5 Å². The van der Waals surface area contributed by atoms with Gasteiger partial charge in [0.05, 0.1) is 10.7 Å². The van der Waals surface area contributed by atoms with Crippen LogP contribution in [0.5, 0.6) is 5.75 Å². The van der Waals surface area contributed by atoms with Gasteiger partial charge in [-0.05, 0) is 55.9 Å². The van der Waals surface area contributed by atoms with Crippen LogP contribution in [-0.2, 0) is 7.05 Å². The average Bonchev–Trinajstić information content (AvgIpc) is 3.33. The van der Waals surface area contributed by atoms with Crippen molar-refractivity contribution in [2.75, 3.05) is 25.5 Å². The van der Waals surface area contributed by atoms with Crippen molar-refractivity contribution in [3.63, 3.8) is 0 Å². The van der Waals surface area contributed by atoms with Crippen LogP contribution in [-0.4, -0.2) is 46.8 Å². The fourth-order valence-electron chi connectivity index (χ4n) is 3.56. The topological polar surface area (TPSA) is 59.4 Å². The highest BCUT2D eigenvalue weighted by atomic mass is 35.5. The van der Waals surface area contributed by atoms with Crippen molar-refractivity contribution in [1.82, 2.24) is 14.7 Å². The molecule has 0 aliphatic carbocycles. The number of carbonyl (C=O) groups is 1. The molecular weight excluding hydrogens is 407 g/mol. The molecule has 0 spiro atoms. The first kappa shape index (κ1) is 20.4. The van der Waals surface area contributed by atoms with Gasteiger partial charge in [-0.3, -0.25) is 9.48 Å². The molecule has 1 aliphatic rings. The number of hydrogen-bond acceptors (Lipinski definition) is 4. The lowest BCUT2D eigenvalue weighted by Gasteiger charge is -2.18. The van der Waals surface area contributed by atoms with E-state index in [9.17, 15) is 9.18 Å². The maximum atomic E-state index is 13.4. The van der Waals surface area contributed by atoms with Crippen LogP contribution in [0.4, 0.5) is 10.1 Å². The summed E-state index contributed by atoms with van der Waals surface area (Å²) in [6.45, 7) is 1.87. The van der Waals surface area contributed by atoms with Crippen molar-refractivity contribution in [1.29, 1.82) is 0 Å². The number of benzene rings is 2. The molecule has 2 heterocycles. The zero-order valence-corrected chi connectivity index (χ0v) is 17.5. The van der Waals surface area contributed by atoms with E-state index >= 15 is 0 Å². The number of rotatable bonds is 5. The van der Waals surface area contributed by atoms with Crippen LogP contribution >= 0.6 is 11.6 Å². The number of likely N-dealkylation sites (N-methyl/N-ethyl adjacent to an activating group) is 1. The smallest absolute Gasteiger partial charge is 0.255 e. The Morgan fingerprint density at radius 1 is 1.23 bits per heavy atom. The van der Waals surface area contributed by atoms with Gasteiger partial charge in [-0.15, -0.1) is 0 Å². The molecule has 0 bridgehead atoms. The largest absolute Gasteiger partial charge is 0.488 e. The standard InChI is InChI=1S/C22H22ClFN4O2/c1-27-10-8-16(13-27)30-21-6-4-15(12-17(21)20-7-9-25-28(20)2)26-22(29)14-3-5-19(24)18(23)11-14/h3-7,9,11-12,16H,8,10,13H2,1-2H3,(H,26,29). The third-order valence-electron chi connectivity index (χ3n) is 5.16. The molecule has 1 fully saturated rings. The Hall–Kier alpha value is -2.90. The molecule has 1 saturated heterocycles. The molecule has 0 radical (unpaired) electrons. The molecular formula is C22H22ClFN4O2. The van der Waals surface area contributed by atoms with E-state index in [0.717, 1.165) is 36.5 Å². The molecule has 1 amide bonds. The summed E-state index contributed by atoms with van der Waals surface area (Å²) < 4.78 is 21.4. The first-order valence-corrected chi connectivity index (χ1v) is 10.0. The van der Waals surface area contributed by atoms with E-state index in [1.807, 2.05) is 25.2 Å². The van der Waals surface area contributed by atoms with E-state index in [2.05, 4.69) is 22.4 Å². The van der Waals surface area contributed by atoms with Gasteiger partial charge >= 0.3 is 0 Å². The van der Waals surface area contributed by atoms with Gasteiger partial charge in [-0.1, -0.05) is 11.6 Å². The molecule has 6 nitrogen and oxygen atoms in total. The van der Waals surface area contributed by atoms with Crippen molar-refractivity contribution >= 4 is 23.2 Å². The maximum Gasteiger partial charge on any atom is 0.255 e. The summed E-state index contributed by atoms with van der Waals surface area (Å²) >= 11 is 5.80. The second-order valence-corrected chi connectivity index (χ2v) is 7.83. The minimum absolute atomic E-state index is 0.0940.